The van der Waals surface area contributed by atoms with Crippen molar-refractivity contribution in [1.29, 1.82) is 0 Å². The Balaban J connectivity index is 1.26. The van der Waals surface area contributed by atoms with Gasteiger partial charge in [-0.2, -0.15) is 5.10 Å². The average molecular weight is 442 g/mol. The molecule has 2 aromatic heterocycles. The maximum Gasteiger partial charge on any atom is 0.276 e. The number of nitrogens with one attached hydrogen (secondary N) is 1. The number of amides is 1. The fraction of sp³-hybridized carbons (Fsp3) is 0.269. The maximum atomic E-state index is 14.4. The van der Waals surface area contributed by atoms with Crippen LogP contribution in [0.25, 0.3) is 17.1 Å². The number of anilines is 1. The highest BCUT2D eigenvalue weighted by Gasteiger charge is 2.28. The molecule has 33 heavy (non-hydrogen) atoms. The lowest BCUT2D eigenvalue weighted by Gasteiger charge is -2.16. The number of halogens is 1. The minimum Gasteiger partial charge on any atom is -0.328 e. The molecule has 0 radical (unpaired) electrons. The first-order valence-electron chi connectivity index (χ1n) is 11.5. The molecule has 4 aromatic rings. The summed E-state index contributed by atoms with van der Waals surface area (Å²) in [6.07, 6.45) is 7.93. The number of rotatable bonds is 4. The molecule has 7 heteroatoms. The lowest BCUT2D eigenvalue weighted by atomic mass is 10.1. The van der Waals surface area contributed by atoms with E-state index in [2.05, 4.69) is 20.0 Å². The molecule has 2 aliphatic rings. The summed E-state index contributed by atoms with van der Waals surface area (Å²) in [4.78, 5) is 17.7. The van der Waals surface area contributed by atoms with Crippen molar-refractivity contribution in [1.82, 2.24) is 19.3 Å². The third kappa shape index (κ3) is 3.44. The summed E-state index contributed by atoms with van der Waals surface area (Å²) in [5.41, 5.74) is 5.60. The summed E-state index contributed by atoms with van der Waals surface area (Å²) >= 11 is 0. The van der Waals surface area contributed by atoms with Gasteiger partial charge < -0.3 is 9.88 Å². The third-order valence-electron chi connectivity index (χ3n) is 6.63. The predicted molar refractivity (Wildman–Crippen MR) is 124 cm³/mol. The largest absolute Gasteiger partial charge is 0.328 e. The van der Waals surface area contributed by atoms with Gasteiger partial charge in [0.05, 0.1) is 0 Å². The second-order valence-electron chi connectivity index (χ2n) is 8.70. The fourth-order valence-electron chi connectivity index (χ4n) is 5.00. The highest BCUT2D eigenvalue weighted by Crippen LogP contribution is 2.30. The number of aromatic nitrogens is 4. The number of nitrogens with zero attached hydrogens (tertiary/aromatic N) is 4. The van der Waals surface area contributed by atoms with Crippen LogP contribution >= 0.6 is 0 Å². The van der Waals surface area contributed by atoms with E-state index >= 15 is 0 Å². The monoisotopic (exact) mass is 441 g/mol. The molecule has 0 saturated carbocycles. The summed E-state index contributed by atoms with van der Waals surface area (Å²) in [5.74, 6) is 0.358. The highest BCUT2D eigenvalue weighted by molar-refractivity contribution is 6.04. The SMILES string of the molecule is O=C(Nc1ccc(-c2ncc3n2CCCC3)cc1)c1nn(-c2ccccc2F)c2c1CCC2. The van der Waals surface area contributed by atoms with Crippen LogP contribution in [0.15, 0.2) is 54.7 Å². The van der Waals surface area contributed by atoms with E-state index in [-0.39, 0.29) is 11.7 Å². The van der Waals surface area contributed by atoms with E-state index in [9.17, 15) is 9.18 Å². The van der Waals surface area contributed by atoms with Crippen molar-refractivity contribution in [3.05, 3.63) is 83.2 Å². The van der Waals surface area contributed by atoms with Gasteiger partial charge in [0.15, 0.2) is 5.69 Å². The number of benzene rings is 2. The van der Waals surface area contributed by atoms with Crippen LogP contribution in [0.5, 0.6) is 0 Å². The molecule has 1 aliphatic heterocycles. The molecule has 3 heterocycles. The van der Waals surface area contributed by atoms with Crippen molar-refractivity contribution in [2.75, 3.05) is 5.32 Å². The zero-order chi connectivity index (χ0) is 22.4. The van der Waals surface area contributed by atoms with Crippen molar-refractivity contribution < 1.29 is 9.18 Å². The highest BCUT2D eigenvalue weighted by atomic mass is 19.1. The molecule has 0 bridgehead atoms. The van der Waals surface area contributed by atoms with Gasteiger partial charge in [-0.05, 0) is 74.9 Å². The van der Waals surface area contributed by atoms with Crippen LogP contribution in [-0.4, -0.2) is 25.2 Å². The van der Waals surface area contributed by atoms with Gasteiger partial charge in [-0.1, -0.05) is 12.1 Å². The van der Waals surface area contributed by atoms with Crippen molar-refractivity contribution in [2.45, 2.75) is 45.1 Å². The van der Waals surface area contributed by atoms with Crippen LogP contribution in [0.3, 0.4) is 0 Å². The Hall–Kier alpha value is -3.74. The molecule has 1 aliphatic carbocycles. The van der Waals surface area contributed by atoms with Crippen LogP contribution < -0.4 is 5.32 Å². The van der Waals surface area contributed by atoms with E-state index in [1.165, 1.54) is 24.6 Å². The van der Waals surface area contributed by atoms with Crippen LogP contribution in [0, 0.1) is 5.82 Å². The van der Waals surface area contributed by atoms with E-state index < -0.39 is 0 Å². The second-order valence-corrected chi connectivity index (χ2v) is 8.70. The molecule has 1 amide bonds. The molecular formula is C26H24FN5O. The number of hydrogen-bond acceptors (Lipinski definition) is 3. The number of imidazole rings is 1. The van der Waals surface area contributed by atoms with Crippen LogP contribution in [0.2, 0.25) is 0 Å². The van der Waals surface area contributed by atoms with E-state index in [1.54, 1.807) is 22.9 Å². The summed E-state index contributed by atoms with van der Waals surface area (Å²) in [6.45, 7) is 0.999. The Labute approximate surface area is 191 Å². The number of carbonyl (C=O) groups is 1. The van der Waals surface area contributed by atoms with E-state index in [4.69, 9.17) is 0 Å². The van der Waals surface area contributed by atoms with E-state index in [0.717, 1.165) is 54.9 Å². The van der Waals surface area contributed by atoms with Gasteiger partial charge in [-0.3, -0.25) is 4.79 Å². The van der Waals surface area contributed by atoms with Crippen molar-refractivity contribution in [3.63, 3.8) is 0 Å². The van der Waals surface area contributed by atoms with Gasteiger partial charge in [0, 0.05) is 40.9 Å². The number of fused-ring (bicyclic) bond motifs is 2. The predicted octanol–water partition coefficient (Wildman–Crippen LogP) is 4.95. The maximum absolute atomic E-state index is 14.4. The van der Waals surface area contributed by atoms with Gasteiger partial charge in [0.2, 0.25) is 0 Å². The van der Waals surface area contributed by atoms with E-state index in [0.29, 0.717) is 17.1 Å². The molecule has 0 fully saturated rings. The minimum absolute atomic E-state index is 0.269. The van der Waals surface area contributed by atoms with Gasteiger partial charge in [-0.25, -0.2) is 14.1 Å². The molecule has 166 valence electrons. The zero-order valence-corrected chi connectivity index (χ0v) is 18.2. The number of aryl methyl sites for hydroxylation is 1. The van der Waals surface area contributed by atoms with Crippen molar-refractivity contribution >= 4 is 11.6 Å². The molecule has 0 spiro atoms. The first-order chi connectivity index (χ1) is 16.2. The topological polar surface area (TPSA) is 64.7 Å². The molecular weight excluding hydrogens is 417 g/mol. The van der Waals surface area contributed by atoms with Crippen molar-refractivity contribution in [3.8, 4) is 17.1 Å². The Bertz CT molecular complexity index is 1350. The second kappa shape index (κ2) is 7.99. The Morgan fingerprint density at radius 2 is 1.82 bits per heavy atom. The number of para-hydroxylation sites is 1. The molecule has 6 rings (SSSR count). The average Bonchev–Trinajstić information content (AvgIpc) is 3.55. The normalized spacial score (nSPS) is 14.7. The lowest BCUT2D eigenvalue weighted by molar-refractivity contribution is 0.102. The summed E-state index contributed by atoms with van der Waals surface area (Å²) in [6, 6.07) is 14.3. The smallest absolute Gasteiger partial charge is 0.276 e. The quantitative estimate of drug-likeness (QED) is 0.487. The summed E-state index contributed by atoms with van der Waals surface area (Å²) < 4.78 is 18.3. The Morgan fingerprint density at radius 3 is 2.67 bits per heavy atom. The fourth-order valence-corrected chi connectivity index (χ4v) is 5.00. The summed E-state index contributed by atoms with van der Waals surface area (Å²) in [5, 5.41) is 7.48. The van der Waals surface area contributed by atoms with Gasteiger partial charge >= 0.3 is 0 Å². The first kappa shape index (κ1) is 19.9. The first-order valence-corrected chi connectivity index (χ1v) is 11.5. The molecule has 6 nitrogen and oxygen atoms in total. The molecule has 0 saturated heterocycles. The Kier molecular flexibility index (Phi) is 4.82. The van der Waals surface area contributed by atoms with Crippen LogP contribution in [0.4, 0.5) is 10.1 Å². The van der Waals surface area contributed by atoms with Gasteiger partial charge in [0.25, 0.3) is 5.91 Å². The molecule has 0 atom stereocenters. The third-order valence-corrected chi connectivity index (χ3v) is 6.63. The van der Waals surface area contributed by atoms with Crippen LogP contribution in [-0.2, 0) is 25.8 Å². The van der Waals surface area contributed by atoms with Crippen LogP contribution in [0.1, 0.15) is 46.7 Å². The molecule has 1 N–H and O–H groups in total. The zero-order valence-electron chi connectivity index (χ0n) is 18.2. The molecule has 0 unspecified atom stereocenters. The minimum atomic E-state index is -0.349. The Morgan fingerprint density at radius 1 is 0.970 bits per heavy atom. The van der Waals surface area contributed by atoms with Crippen molar-refractivity contribution in [2.24, 2.45) is 0 Å². The summed E-state index contributed by atoms with van der Waals surface area (Å²) in [7, 11) is 0. The van der Waals surface area contributed by atoms with Gasteiger partial charge in [-0.15, -0.1) is 0 Å². The van der Waals surface area contributed by atoms with E-state index in [1.807, 2.05) is 30.5 Å². The lowest BCUT2D eigenvalue weighted by Crippen LogP contribution is -2.15. The number of carbonyl (C=O) groups excluding carboxylic acids is 1. The molecule has 2 aromatic carbocycles. The number of hydrogen-bond donors (Lipinski definition) is 1. The standard InChI is InChI=1S/C26H24FN5O/c27-21-8-1-2-9-23(21)32-22-10-5-7-20(22)24(30-32)26(33)29-18-13-11-17(12-14-18)25-28-16-19-6-3-4-15-31(19)25/h1-2,8-9,11-14,16H,3-7,10,15H2,(H,29,33). The van der Waals surface area contributed by atoms with Gasteiger partial charge in [0.1, 0.15) is 17.3 Å².